The van der Waals surface area contributed by atoms with Gasteiger partial charge in [0.25, 0.3) is 0 Å². The van der Waals surface area contributed by atoms with Crippen molar-refractivity contribution in [3.05, 3.63) is 41.7 Å². The summed E-state index contributed by atoms with van der Waals surface area (Å²) in [5, 5.41) is 3.41. The van der Waals surface area contributed by atoms with E-state index in [1.54, 1.807) is 24.4 Å². The number of nitrogens with one attached hydrogen (secondary N) is 1. The van der Waals surface area contributed by atoms with Crippen LogP contribution in [0.5, 0.6) is 0 Å². The van der Waals surface area contributed by atoms with Crippen LogP contribution in [0, 0.1) is 0 Å². The van der Waals surface area contributed by atoms with Gasteiger partial charge in [-0.2, -0.15) is 0 Å². The number of nitrogen functional groups attached to an aromatic ring is 1. The number of nitrogens with zero attached hydrogens (tertiary/aromatic N) is 2. The summed E-state index contributed by atoms with van der Waals surface area (Å²) in [5.74, 6) is -0.192. The number of hydrogen-bond acceptors (Lipinski definition) is 5. The summed E-state index contributed by atoms with van der Waals surface area (Å²) in [5.41, 5.74) is 14.2. The Morgan fingerprint density at radius 3 is 2.95 bits per heavy atom. The predicted octanol–water partition coefficient (Wildman–Crippen LogP) is 1.25. The van der Waals surface area contributed by atoms with Crippen LogP contribution in [0.4, 0.5) is 5.95 Å². The molecule has 1 atom stereocenters. The molecular formula is C15H17N5O. The third-order valence-electron chi connectivity index (χ3n) is 3.69. The van der Waals surface area contributed by atoms with Crippen LogP contribution in [-0.4, -0.2) is 22.4 Å². The Hall–Kier alpha value is -2.47. The second kappa shape index (κ2) is 5.49. The minimum atomic E-state index is -0.450. The average molecular weight is 283 g/mol. The third-order valence-corrected chi connectivity index (χ3v) is 3.69. The summed E-state index contributed by atoms with van der Waals surface area (Å²) in [7, 11) is 0. The quantitative estimate of drug-likeness (QED) is 0.786. The van der Waals surface area contributed by atoms with Gasteiger partial charge in [-0.3, -0.25) is 4.79 Å². The topological polar surface area (TPSA) is 107 Å². The molecule has 1 fully saturated rings. The minimum absolute atomic E-state index is 0.169. The first-order valence-electron chi connectivity index (χ1n) is 6.91. The van der Waals surface area contributed by atoms with Crippen molar-refractivity contribution in [1.29, 1.82) is 0 Å². The van der Waals surface area contributed by atoms with Crippen LogP contribution >= 0.6 is 0 Å². The van der Waals surface area contributed by atoms with Crippen LogP contribution in [-0.2, 0) is 0 Å². The zero-order valence-corrected chi connectivity index (χ0v) is 11.5. The normalized spacial score (nSPS) is 17.8. The highest BCUT2D eigenvalue weighted by Crippen LogP contribution is 2.31. The molecule has 6 nitrogen and oxygen atoms in total. The summed E-state index contributed by atoms with van der Waals surface area (Å²) in [6.45, 7) is 0.968. The molecule has 1 aromatic heterocycles. The molecule has 2 heterocycles. The molecule has 0 aliphatic carbocycles. The first kappa shape index (κ1) is 13.5. The number of benzene rings is 1. The monoisotopic (exact) mass is 283 g/mol. The summed E-state index contributed by atoms with van der Waals surface area (Å²) in [6, 6.07) is 7.34. The Kier molecular flexibility index (Phi) is 3.53. The molecule has 3 rings (SSSR count). The lowest BCUT2D eigenvalue weighted by molar-refractivity contribution is 0.100. The van der Waals surface area contributed by atoms with E-state index < -0.39 is 5.91 Å². The Morgan fingerprint density at radius 2 is 2.24 bits per heavy atom. The van der Waals surface area contributed by atoms with E-state index in [1.807, 2.05) is 6.07 Å². The second-order valence-electron chi connectivity index (χ2n) is 5.12. The predicted molar refractivity (Wildman–Crippen MR) is 80.4 cm³/mol. The number of carbonyl (C=O) groups is 1. The molecule has 108 valence electrons. The van der Waals surface area contributed by atoms with Gasteiger partial charge in [0.15, 0.2) is 0 Å². The molecule has 5 N–H and O–H groups in total. The smallest absolute Gasteiger partial charge is 0.248 e. The van der Waals surface area contributed by atoms with E-state index in [0.29, 0.717) is 5.56 Å². The number of nitrogens with two attached hydrogens (primary N) is 2. The fourth-order valence-corrected chi connectivity index (χ4v) is 2.66. The molecule has 6 heteroatoms. The molecule has 0 radical (unpaired) electrons. The highest BCUT2D eigenvalue weighted by molar-refractivity contribution is 5.94. The van der Waals surface area contributed by atoms with Crippen molar-refractivity contribution in [2.45, 2.75) is 18.9 Å². The molecule has 0 bridgehead atoms. The van der Waals surface area contributed by atoms with Gasteiger partial charge in [0.1, 0.15) is 0 Å². The van der Waals surface area contributed by atoms with Crippen molar-refractivity contribution in [1.82, 2.24) is 15.3 Å². The van der Waals surface area contributed by atoms with Gasteiger partial charge in [-0.25, -0.2) is 9.97 Å². The molecule has 1 saturated heterocycles. The number of rotatable bonds is 3. The highest BCUT2D eigenvalue weighted by Gasteiger charge is 2.22. The van der Waals surface area contributed by atoms with E-state index in [2.05, 4.69) is 15.3 Å². The molecule has 0 saturated carbocycles. The van der Waals surface area contributed by atoms with Gasteiger partial charge in [-0.15, -0.1) is 0 Å². The lowest BCUT2D eigenvalue weighted by atomic mass is 9.99. The lowest BCUT2D eigenvalue weighted by Gasteiger charge is -2.15. The van der Waals surface area contributed by atoms with Crippen LogP contribution in [0.3, 0.4) is 0 Å². The molecule has 1 aliphatic heterocycles. The maximum atomic E-state index is 11.3. The first-order valence-corrected chi connectivity index (χ1v) is 6.91. The average Bonchev–Trinajstić information content (AvgIpc) is 3.01. The lowest BCUT2D eigenvalue weighted by Crippen LogP contribution is -2.17. The van der Waals surface area contributed by atoms with Crippen molar-refractivity contribution in [2.75, 3.05) is 12.3 Å². The number of hydrogen-bond donors (Lipinski definition) is 3. The maximum Gasteiger partial charge on any atom is 0.248 e. The van der Waals surface area contributed by atoms with Crippen molar-refractivity contribution >= 4 is 11.9 Å². The molecule has 21 heavy (non-hydrogen) atoms. The molecule has 2 aromatic rings. The van der Waals surface area contributed by atoms with Gasteiger partial charge < -0.3 is 16.8 Å². The van der Waals surface area contributed by atoms with E-state index in [4.69, 9.17) is 11.5 Å². The van der Waals surface area contributed by atoms with E-state index in [9.17, 15) is 4.79 Å². The van der Waals surface area contributed by atoms with Gasteiger partial charge in [-0.1, -0.05) is 12.1 Å². The molecule has 1 aliphatic rings. The Bertz CT molecular complexity index is 680. The summed E-state index contributed by atoms with van der Waals surface area (Å²) in [6.07, 6.45) is 3.83. The Balaban J connectivity index is 2.09. The summed E-state index contributed by atoms with van der Waals surface area (Å²) < 4.78 is 0. The van der Waals surface area contributed by atoms with E-state index in [1.165, 1.54) is 0 Å². The van der Waals surface area contributed by atoms with Gasteiger partial charge in [0.2, 0.25) is 11.9 Å². The first-order chi connectivity index (χ1) is 10.1. The molecule has 1 amide bonds. The van der Waals surface area contributed by atoms with Crippen molar-refractivity contribution in [3.63, 3.8) is 0 Å². The fraction of sp³-hybridized carbons (Fsp3) is 0.267. The van der Waals surface area contributed by atoms with Crippen molar-refractivity contribution in [2.24, 2.45) is 5.73 Å². The van der Waals surface area contributed by atoms with Crippen LogP contribution in [0.15, 0.2) is 30.5 Å². The maximum absolute atomic E-state index is 11.3. The van der Waals surface area contributed by atoms with Gasteiger partial charge in [-0.05, 0) is 37.1 Å². The molecule has 1 aromatic carbocycles. The van der Waals surface area contributed by atoms with Gasteiger partial charge in [0, 0.05) is 17.3 Å². The van der Waals surface area contributed by atoms with Crippen molar-refractivity contribution in [3.8, 4) is 11.1 Å². The van der Waals surface area contributed by atoms with Crippen LogP contribution in [0.2, 0.25) is 0 Å². The Morgan fingerprint density at radius 1 is 1.38 bits per heavy atom. The summed E-state index contributed by atoms with van der Waals surface area (Å²) >= 11 is 0. The van der Waals surface area contributed by atoms with E-state index in [-0.39, 0.29) is 12.0 Å². The molecule has 0 spiro atoms. The van der Waals surface area contributed by atoms with Crippen LogP contribution < -0.4 is 16.8 Å². The van der Waals surface area contributed by atoms with Crippen LogP contribution in [0.1, 0.15) is 34.9 Å². The largest absolute Gasteiger partial charge is 0.368 e. The van der Waals surface area contributed by atoms with Crippen LogP contribution in [0.25, 0.3) is 11.1 Å². The number of anilines is 1. The van der Waals surface area contributed by atoms with Gasteiger partial charge in [0.05, 0.1) is 11.7 Å². The third kappa shape index (κ3) is 2.71. The standard InChI is InChI=1S/C15H17N5O/c16-14(21)10-4-1-3-9(7-10)11-8-19-15(17)20-13(11)12-5-2-6-18-12/h1,3-4,7-8,12,18H,2,5-6H2,(H2,16,21)(H2,17,19,20)/t12-/m0/s1. The molecule has 0 unspecified atom stereocenters. The number of aromatic nitrogens is 2. The van der Waals surface area contributed by atoms with Gasteiger partial charge >= 0.3 is 0 Å². The van der Waals surface area contributed by atoms with E-state index >= 15 is 0 Å². The summed E-state index contributed by atoms with van der Waals surface area (Å²) in [4.78, 5) is 19.8. The minimum Gasteiger partial charge on any atom is -0.368 e. The fourth-order valence-electron chi connectivity index (χ4n) is 2.66. The SMILES string of the molecule is NC(=O)c1cccc(-c2cnc(N)nc2[C@@H]2CCCN2)c1. The van der Waals surface area contributed by atoms with Crippen molar-refractivity contribution < 1.29 is 4.79 Å². The Labute approximate surface area is 122 Å². The van der Waals surface area contributed by atoms with E-state index in [0.717, 1.165) is 36.2 Å². The number of amides is 1. The zero-order chi connectivity index (χ0) is 14.8. The highest BCUT2D eigenvalue weighted by atomic mass is 16.1. The zero-order valence-electron chi connectivity index (χ0n) is 11.5. The number of primary amides is 1. The second-order valence-corrected chi connectivity index (χ2v) is 5.12. The molecular weight excluding hydrogens is 266 g/mol. The number of carbonyl (C=O) groups excluding carboxylic acids is 1.